The molecule has 0 saturated heterocycles. The van der Waals surface area contributed by atoms with Crippen molar-refractivity contribution in [2.45, 2.75) is 45.4 Å². The van der Waals surface area contributed by atoms with Gasteiger partial charge in [0.1, 0.15) is 4.99 Å². The largest absolute Gasteiger partial charge is 0.389 e. The zero-order valence-corrected chi connectivity index (χ0v) is 14.1. The third-order valence-electron chi connectivity index (χ3n) is 3.03. The molecule has 0 aliphatic rings. The van der Waals surface area contributed by atoms with E-state index in [1.54, 1.807) is 0 Å². The van der Waals surface area contributed by atoms with Crippen LogP contribution in [0.15, 0.2) is 22.7 Å². The Morgan fingerprint density at radius 3 is 2.65 bits per heavy atom. The number of amides is 1. The van der Waals surface area contributed by atoms with Crippen molar-refractivity contribution in [2.24, 2.45) is 5.73 Å². The Hall–Kier alpha value is -0.940. The fourth-order valence-corrected chi connectivity index (χ4v) is 2.46. The van der Waals surface area contributed by atoms with E-state index >= 15 is 0 Å². The summed E-state index contributed by atoms with van der Waals surface area (Å²) in [5.74, 6) is 0.0151. The number of carbonyl (C=O) groups is 1. The predicted molar refractivity (Wildman–Crippen MR) is 92.0 cm³/mol. The van der Waals surface area contributed by atoms with Crippen molar-refractivity contribution < 1.29 is 4.79 Å². The SMILES string of the molecule is CCCCCCCC(=O)Nc1ccc(Br)cc1C(N)=S. The van der Waals surface area contributed by atoms with Crippen molar-refractivity contribution >= 4 is 44.7 Å². The Morgan fingerprint density at radius 1 is 1.30 bits per heavy atom. The van der Waals surface area contributed by atoms with Crippen LogP contribution in [-0.2, 0) is 4.79 Å². The lowest BCUT2D eigenvalue weighted by Gasteiger charge is -2.10. The number of hydrogen-bond acceptors (Lipinski definition) is 2. The van der Waals surface area contributed by atoms with Gasteiger partial charge in [0.05, 0.1) is 5.69 Å². The molecular formula is C15H21BrN2OS. The summed E-state index contributed by atoms with van der Waals surface area (Å²) < 4.78 is 0.887. The first-order valence-electron chi connectivity index (χ1n) is 6.93. The molecule has 0 spiro atoms. The molecule has 5 heteroatoms. The fourth-order valence-electron chi connectivity index (χ4n) is 1.93. The molecule has 3 nitrogen and oxygen atoms in total. The van der Waals surface area contributed by atoms with E-state index in [9.17, 15) is 4.79 Å². The summed E-state index contributed by atoms with van der Waals surface area (Å²) in [5, 5.41) is 2.88. The van der Waals surface area contributed by atoms with E-state index in [1.807, 2.05) is 18.2 Å². The summed E-state index contributed by atoms with van der Waals surface area (Å²) in [7, 11) is 0. The first-order valence-corrected chi connectivity index (χ1v) is 8.14. The molecule has 0 fully saturated rings. The number of hydrogen-bond donors (Lipinski definition) is 2. The zero-order chi connectivity index (χ0) is 15.0. The predicted octanol–water partition coefficient (Wildman–Crippen LogP) is 4.38. The first kappa shape index (κ1) is 17.1. The number of halogens is 1. The van der Waals surface area contributed by atoms with Crippen LogP contribution in [0.3, 0.4) is 0 Å². The molecule has 1 aromatic rings. The second-order valence-corrected chi connectivity index (χ2v) is 6.12. The molecule has 110 valence electrons. The lowest BCUT2D eigenvalue weighted by Crippen LogP contribution is -2.17. The Morgan fingerprint density at radius 2 is 2.00 bits per heavy atom. The molecule has 0 aromatic heterocycles. The molecule has 1 amide bonds. The zero-order valence-electron chi connectivity index (χ0n) is 11.7. The molecule has 0 aliphatic carbocycles. The second-order valence-electron chi connectivity index (χ2n) is 4.77. The van der Waals surface area contributed by atoms with Crippen LogP contribution in [0, 0.1) is 0 Å². The maximum absolute atomic E-state index is 11.9. The highest BCUT2D eigenvalue weighted by molar-refractivity contribution is 9.10. The van der Waals surface area contributed by atoms with Crippen LogP contribution < -0.4 is 11.1 Å². The first-order chi connectivity index (χ1) is 9.54. The number of benzene rings is 1. The number of unbranched alkanes of at least 4 members (excludes halogenated alkanes) is 4. The molecule has 0 bridgehead atoms. The summed E-state index contributed by atoms with van der Waals surface area (Å²) in [5.41, 5.74) is 7.04. The number of anilines is 1. The van der Waals surface area contributed by atoms with E-state index in [-0.39, 0.29) is 10.9 Å². The van der Waals surface area contributed by atoms with E-state index in [0.29, 0.717) is 17.7 Å². The monoisotopic (exact) mass is 356 g/mol. The molecule has 1 aromatic carbocycles. The van der Waals surface area contributed by atoms with E-state index in [0.717, 1.165) is 17.3 Å². The third-order valence-corrected chi connectivity index (χ3v) is 3.74. The number of nitrogens with one attached hydrogen (secondary N) is 1. The van der Waals surface area contributed by atoms with Crippen LogP contribution in [0.4, 0.5) is 5.69 Å². The summed E-state index contributed by atoms with van der Waals surface area (Å²) in [4.78, 5) is 12.2. The van der Waals surface area contributed by atoms with Gasteiger partial charge in [0.25, 0.3) is 0 Å². The van der Waals surface area contributed by atoms with Gasteiger partial charge in [0.15, 0.2) is 0 Å². The molecule has 0 radical (unpaired) electrons. The van der Waals surface area contributed by atoms with Crippen molar-refractivity contribution in [3.05, 3.63) is 28.2 Å². The quantitative estimate of drug-likeness (QED) is 0.536. The molecule has 20 heavy (non-hydrogen) atoms. The van der Waals surface area contributed by atoms with E-state index < -0.39 is 0 Å². The van der Waals surface area contributed by atoms with Crippen molar-refractivity contribution in [3.8, 4) is 0 Å². The standard InChI is InChI=1S/C15H21BrN2OS/c1-2-3-4-5-6-7-14(19)18-13-9-8-11(16)10-12(13)15(17)20/h8-10H,2-7H2,1H3,(H2,17,20)(H,18,19). The number of nitrogens with two attached hydrogens (primary N) is 1. The maximum Gasteiger partial charge on any atom is 0.224 e. The third kappa shape index (κ3) is 6.01. The van der Waals surface area contributed by atoms with Crippen LogP contribution >= 0.6 is 28.1 Å². The second kappa shape index (κ2) is 9.08. The lowest BCUT2D eigenvalue weighted by molar-refractivity contribution is -0.116. The Bertz CT molecular complexity index is 477. The van der Waals surface area contributed by atoms with Crippen LogP contribution in [0.5, 0.6) is 0 Å². The molecule has 0 atom stereocenters. The molecular weight excluding hydrogens is 336 g/mol. The van der Waals surface area contributed by atoms with E-state index in [1.165, 1.54) is 19.3 Å². The molecule has 0 saturated carbocycles. The van der Waals surface area contributed by atoms with Gasteiger partial charge in [-0.3, -0.25) is 4.79 Å². The van der Waals surface area contributed by atoms with Gasteiger partial charge in [0, 0.05) is 16.5 Å². The van der Waals surface area contributed by atoms with E-state index in [2.05, 4.69) is 28.2 Å². The van der Waals surface area contributed by atoms with Gasteiger partial charge < -0.3 is 11.1 Å². The van der Waals surface area contributed by atoms with Gasteiger partial charge in [0.2, 0.25) is 5.91 Å². The van der Waals surface area contributed by atoms with Gasteiger partial charge in [-0.15, -0.1) is 0 Å². The Labute approximate surface area is 134 Å². The average Bonchev–Trinajstić information content (AvgIpc) is 2.40. The van der Waals surface area contributed by atoms with Crippen LogP contribution in [0.2, 0.25) is 0 Å². The molecule has 0 aliphatic heterocycles. The lowest BCUT2D eigenvalue weighted by atomic mass is 10.1. The summed E-state index contributed by atoms with van der Waals surface area (Å²) in [6.07, 6.45) is 6.20. The topological polar surface area (TPSA) is 55.1 Å². The van der Waals surface area contributed by atoms with Crippen molar-refractivity contribution in [3.63, 3.8) is 0 Å². The molecule has 1 rings (SSSR count). The minimum Gasteiger partial charge on any atom is -0.389 e. The van der Waals surface area contributed by atoms with Gasteiger partial charge >= 0.3 is 0 Å². The van der Waals surface area contributed by atoms with Gasteiger partial charge in [-0.25, -0.2) is 0 Å². The Balaban J connectivity index is 2.51. The average molecular weight is 357 g/mol. The summed E-state index contributed by atoms with van der Waals surface area (Å²) in [6.45, 7) is 2.18. The summed E-state index contributed by atoms with van der Waals surface area (Å²) >= 11 is 8.37. The molecule has 0 unspecified atom stereocenters. The van der Waals surface area contributed by atoms with Crippen LogP contribution in [-0.4, -0.2) is 10.9 Å². The van der Waals surface area contributed by atoms with Gasteiger partial charge in [-0.05, 0) is 24.6 Å². The Kier molecular flexibility index (Phi) is 7.77. The highest BCUT2D eigenvalue weighted by Crippen LogP contribution is 2.21. The highest BCUT2D eigenvalue weighted by Gasteiger charge is 2.09. The minimum absolute atomic E-state index is 0.0151. The van der Waals surface area contributed by atoms with Crippen molar-refractivity contribution in [1.29, 1.82) is 0 Å². The molecule has 3 N–H and O–H groups in total. The normalized spacial score (nSPS) is 10.3. The van der Waals surface area contributed by atoms with Crippen LogP contribution in [0.25, 0.3) is 0 Å². The summed E-state index contributed by atoms with van der Waals surface area (Å²) in [6, 6.07) is 5.49. The smallest absolute Gasteiger partial charge is 0.224 e. The molecule has 0 heterocycles. The van der Waals surface area contributed by atoms with Crippen molar-refractivity contribution in [1.82, 2.24) is 0 Å². The van der Waals surface area contributed by atoms with Gasteiger partial charge in [-0.2, -0.15) is 0 Å². The highest BCUT2D eigenvalue weighted by atomic mass is 79.9. The number of carbonyl (C=O) groups excluding carboxylic acids is 1. The van der Waals surface area contributed by atoms with Gasteiger partial charge in [-0.1, -0.05) is 60.8 Å². The maximum atomic E-state index is 11.9. The number of thiocarbonyl (C=S) groups is 1. The van der Waals surface area contributed by atoms with Crippen LogP contribution in [0.1, 0.15) is 51.0 Å². The van der Waals surface area contributed by atoms with Crippen molar-refractivity contribution in [2.75, 3.05) is 5.32 Å². The fraction of sp³-hybridized carbons (Fsp3) is 0.467. The van der Waals surface area contributed by atoms with E-state index in [4.69, 9.17) is 18.0 Å². The minimum atomic E-state index is 0.0151. The number of rotatable bonds is 8.